The number of ether oxygens (including phenoxy) is 1. The van der Waals surface area contributed by atoms with Crippen molar-refractivity contribution >= 4 is 5.78 Å². The zero-order chi connectivity index (χ0) is 13.5. The summed E-state index contributed by atoms with van der Waals surface area (Å²) in [5.74, 6) is 0.924. The molecule has 1 aromatic carbocycles. The number of carbonyl (C=O) groups is 1. The molecule has 3 nitrogen and oxygen atoms in total. The standard InChI is InChI=1S/C16H23NO2/c1-19-15-9-5-6-13(12-15)16(18)10-11-17-14-7-3-2-4-8-14/h5-6,9,12,14,17H,2-4,7-8,10-11H2,1H3. The Hall–Kier alpha value is -1.35. The Bertz CT molecular complexity index is 411. The summed E-state index contributed by atoms with van der Waals surface area (Å²) in [5, 5.41) is 3.50. The molecule has 0 aromatic heterocycles. The topological polar surface area (TPSA) is 38.3 Å². The van der Waals surface area contributed by atoms with Gasteiger partial charge in [0.2, 0.25) is 0 Å². The number of hydrogen-bond donors (Lipinski definition) is 1. The molecule has 0 aliphatic heterocycles. The summed E-state index contributed by atoms with van der Waals surface area (Å²) in [4.78, 5) is 12.1. The maximum atomic E-state index is 12.1. The first-order valence-corrected chi connectivity index (χ1v) is 7.20. The molecule has 1 saturated carbocycles. The largest absolute Gasteiger partial charge is 0.497 e. The Balaban J connectivity index is 1.77. The summed E-state index contributed by atoms with van der Waals surface area (Å²) in [7, 11) is 1.62. The zero-order valence-corrected chi connectivity index (χ0v) is 11.7. The second-order valence-electron chi connectivity index (χ2n) is 5.19. The SMILES string of the molecule is COc1cccc(C(=O)CCNC2CCCCC2)c1. The molecule has 1 fully saturated rings. The third kappa shape index (κ3) is 4.35. The molecule has 0 unspecified atom stereocenters. The van der Waals surface area contributed by atoms with Crippen molar-refractivity contribution in [2.24, 2.45) is 0 Å². The lowest BCUT2D eigenvalue weighted by Gasteiger charge is -2.22. The van der Waals surface area contributed by atoms with E-state index in [1.165, 1.54) is 32.1 Å². The fourth-order valence-corrected chi connectivity index (χ4v) is 2.64. The van der Waals surface area contributed by atoms with Crippen LogP contribution in [0.1, 0.15) is 48.9 Å². The molecule has 1 aliphatic carbocycles. The van der Waals surface area contributed by atoms with E-state index in [9.17, 15) is 4.79 Å². The number of rotatable bonds is 6. The van der Waals surface area contributed by atoms with Gasteiger partial charge in [0.25, 0.3) is 0 Å². The molecule has 1 aliphatic rings. The molecule has 0 atom stereocenters. The van der Waals surface area contributed by atoms with Gasteiger partial charge >= 0.3 is 0 Å². The van der Waals surface area contributed by atoms with Crippen LogP contribution < -0.4 is 10.1 Å². The van der Waals surface area contributed by atoms with Crippen molar-refractivity contribution in [1.82, 2.24) is 5.32 Å². The van der Waals surface area contributed by atoms with Gasteiger partial charge in [0.05, 0.1) is 7.11 Å². The fourth-order valence-electron chi connectivity index (χ4n) is 2.64. The Morgan fingerprint density at radius 3 is 2.84 bits per heavy atom. The van der Waals surface area contributed by atoms with Crippen molar-refractivity contribution in [2.75, 3.05) is 13.7 Å². The summed E-state index contributed by atoms with van der Waals surface area (Å²) < 4.78 is 5.14. The van der Waals surface area contributed by atoms with E-state index in [1.54, 1.807) is 7.11 Å². The summed E-state index contributed by atoms with van der Waals surface area (Å²) in [6.07, 6.45) is 7.08. The average molecular weight is 261 g/mol. The predicted molar refractivity (Wildman–Crippen MR) is 76.8 cm³/mol. The molecule has 3 heteroatoms. The number of carbonyl (C=O) groups excluding carboxylic acids is 1. The lowest BCUT2D eigenvalue weighted by atomic mass is 9.95. The monoisotopic (exact) mass is 261 g/mol. The third-order valence-corrected chi connectivity index (χ3v) is 3.78. The van der Waals surface area contributed by atoms with Crippen LogP contribution in [0.5, 0.6) is 5.75 Å². The summed E-state index contributed by atoms with van der Waals surface area (Å²) in [6.45, 7) is 0.778. The quantitative estimate of drug-likeness (QED) is 0.799. The van der Waals surface area contributed by atoms with Crippen molar-refractivity contribution in [3.8, 4) is 5.75 Å². The van der Waals surface area contributed by atoms with Gasteiger partial charge in [-0.2, -0.15) is 0 Å². The lowest BCUT2D eigenvalue weighted by molar-refractivity contribution is 0.0980. The van der Waals surface area contributed by atoms with Gasteiger partial charge in [0.15, 0.2) is 5.78 Å². The smallest absolute Gasteiger partial charge is 0.164 e. The van der Waals surface area contributed by atoms with Crippen LogP contribution in [0.25, 0.3) is 0 Å². The van der Waals surface area contributed by atoms with E-state index in [2.05, 4.69) is 5.32 Å². The number of hydrogen-bond acceptors (Lipinski definition) is 3. The first-order valence-electron chi connectivity index (χ1n) is 7.20. The third-order valence-electron chi connectivity index (χ3n) is 3.78. The van der Waals surface area contributed by atoms with Gasteiger partial charge in [-0.05, 0) is 25.0 Å². The van der Waals surface area contributed by atoms with E-state index in [1.807, 2.05) is 24.3 Å². The van der Waals surface area contributed by atoms with E-state index in [4.69, 9.17) is 4.74 Å². The lowest BCUT2D eigenvalue weighted by Crippen LogP contribution is -2.32. The highest BCUT2D eigenvalue weighted by atomic mass is 16.5. The Kier molecular flexibility index (Phi) is 5.40. The summed E-state index contributed by atoms with van der Waals surface area (Å²) in [5.41, 5.74) is 0.741. The number of Topliss-reactive ketones (excluding diaryl/α,β-unsaturated/α-hetero) is 1. The van der Waals surface area contributed by atoms with Crippen LogP contribution in [0, 0.1) is 0 Å². The van der Waals surface area contributed by atoms with Gasteiger partial charge in [0, 0.05) is 24.6 Å². The molecule has 0 spiro atoms. The molecule has 1 N–H and O–H groups in total. The molecular formula is C16H23NO2. The van der Waals surface area contributed by atoms with Crippen LogP contribution in [0.2, 0.25) is 0 Å². The second-order valence-corrected chi connectivity index (χ2v) is 5.19. The molecule has 0 bridgehead atoms. The Morgan fingerprint density at radius 2 is 2.11 bits per heavy atom. The zero-order valence-electron chi connectivity index (χ0n) is 11.7. The normalized spacial score (nSPS) is 16.3. The molecule has 2 rings (SSSR count). The van der Waals surface area contributed by atoms with Crippen LogP contribution in [0.15, 0.2) is 24.3 Å². The molecule has 0 amide bonds. The highest BCUT2D eigenvalue weighted by Gasteiger charge is 2.13. The van der Waals surface area contributed by atoms with Gasteiger partial charge in [-0.3, -0.25) is 4.79 Å². The van der Waals surface area contributed by atoms with Crippen molar-refractivity contribution in [3.05, 3.63) is 29.8 Å². The highest BCUT2D eigenvalue weighted by molar-refractivity contribution is 5.96. The van der Waals surface area contributed by atoms with Crippen LogP contribution in [-0.4, -0.2) is 25.5 Å². The van der Waals surface area contributed by atoms with Gasteiger partial charge in [-0.15, -0.1) is 0 Å². The molecule has 0 heterocycles. The minimum atomic E-state index is 0.183. The van der Waals surface area contributed by atoms with E-state index < -0.39 is 0 Å². The van der Waals surface area contributed by atoms with E-state index in [-0.39, 0.29) is 5.78 Å². The van der Waals surface area contributed by atoms with Gasteiger partial charge in [-0.25, -0.2) is 0 Å². The van der Waals surface area contributed by atoms with Gasteiger partial charge < -0.3 is 10.1 Å². The Labute approximate surface area is 115 Å². The molecule has 104 valence electrons. The number of ketones is 1. The predicted octanol–water partition coefficient (Wildman–Crippen LogP) is 3.19. The number of nitrogens with one attached hydrogen (secondary N) is 1. The van der Waals surface area contributed by atoms with Crippen molar-refractivity contribution in [1.29, 1.82) is 0 Å². The molecule has 1 aromatic rings. The Morgan fingerprint density at radius 1 is 1.32 bits per heavy atom. The van der Waals surface area contributed by atoms with Crippen LogP contribution in [-0.2, 0) is 0 Å². The first-order chi connectivity index (χ1) is 9.29. The molecule has 19 heavy (non-hydrogen) atoms. The van der Waals surface area contributed by atoms with E-state index >= 15 is 0 Å². The number of benzene rings is 1. The van der Waals surface area contributed by atoms with Gasteiger partial charge in [-0.1, -0.05) is 31.4 Å². The highest BCUT2D eigenvalue weighted by Crippen LogP contribution is 2.17. The van der Waals surface area contributed by atoms with E-state index in [0.717, 1.165) is 17.9 Å². The van der Waals surface area contributed by atoms with Crippen molar-refractivity contribution in [3.63, 3.8) is 0 Å². The maximum absolute atomic E-state index is 12.1. The van der Waals surface area contributed by atoms with Crippen LogP contribution in [0.3, 0.4) is 0 Å². The second kappa shape index (κ2) is 7.29. The van der Waals surface area contributed by atoms with Crippen LogP contribution in [0.4, 0.5) is 0 Å². The minimum Gasteiger partial charge on any atom is -0.497 e. The fraction of sp³-hybridized carbons (Fsp3) is 0.562. The van der Waals surface area contributed by atoms with Gasteiger partial charge in [0.1, 0.15) is 5.75 Å². The van der Waals surface area contributed by atoms with Crippen molar-refractivity contribution < 1.29 is 9.53 Å². The summed E-state index contributed by atoms with van der Waals surface area (Å²) >= 11 is 0. The molecular weight excluding hydrogens is 238 g/mol. The maximum Gasteiger partial charge on any atom is 0.164 e. The van der Waals surface area contributed by atoms with E-state index in [0.29, 0.717) is 12.5 Å². The first kappa shape index (κ1) is 14.1. The summed E-state index contributed by atoms with van der Waals surface area (Å²) in [6, 6.07) is 8.00. The van der Waals surface area contributed by atoms with Crippen LogP contribution >= 0.6 is 0 Å². The minimum absolute atomic E-state index is 0.183. The molecule has 0 saturated heterocycles. The number of methoxy groups -OCH3 is 1. The van der Waals surface area contributed by atoms with Crippen molar-refractivity contribution in [2.45, 2.75) is 44.6 Å². The molecule has 0 radical (unpaired) electrons. The average Bonchev–Trinajstić information content (AvgIpc) is 2.48.